The zero-order valence-corrected chi connectivity index (χ0v) is 2.65. The van der Waals surface area contributed by atoms with Crippen molar-refractivity contribution in [3.8, 4) is 12.3 Å². The van der Waals surface area contributed by atoms with Gasteiger partial charge in [0.2, 0.25) is 0 Å². The van der Waals surface area contributed by atoms with E-state index in [-0.39, 0.29) is 0 Å². The van der Waals surface area contributed by atoms with Crippen LogP contribution in [-0.4, -0.2) is 0 Å². The highest BCUT2D eigenvalue weighted by Crippen LogP contribution is 1.45. The van der Waals surface area contributed by atoms with Gasteiger partial charge in [0.05, 0.1) is 5.92 Å². The van der Waals surface area contributed by atoms with Gasteiger partial charge in [-0.05, 0) is 0 Å². The highest BCUT2D eigenvalue weighted by molar-refractivity contribution is 4.97. The summed E-state index contributed by atoms with van der Waals surface area (Å²) in [6.07, 6.45) is 6.80. The van der Waals surface area contributed by atoms with Gasteiger partial charge >= 0.3 is 6.08 Å². The Hall–Kier alpha value is -1.01. The van der Waals surface area contributed by atoms with E-state index in [9.17, 15) is 0 Å². The maximum Gasteiger partial charge on any atom is 0.319 e. The minimum atomic E-state index is 2.03. The van der Waals surface area contributed by atoms with Crippen LogP contribution in [0.2, 0.25) is 0 Å². The van der Waals surface area contributed by atoms with Crippen molar-refractivity contribution >= 4 is 0 Å². The molecule has 0 aliphatic rings. The summed E-state index contributed by atoms with van der Waals surface area (Å²) >= 11 is 0. The standard InChI is InChI=1S/C5H2/c1-3-5-4-2/h1-2H/q+1. The fourth-order valence-corrected chi connectivity index (χ4v) is 0.0417. The van der Waals surface area contributed by atoms with Crippen LogP contribution >= 0.6 is 0 Å². The summed E-state index contributed by atoms with van der Waals surface area (Å²) in [5.41, 5.74) is 2.03. The number of hydrogen-bond acceptors (Lipinski definition) is 0. The molecule has 0 atom stereocenters. The first kappa shape index (κ1) is 3.99. The summed E-state index contributed by atoms with van der Waals surface area (Å²) in [5.74, 6) is 2.03. The van der Waals surface area contributed by atoms with E-state index in [0.717, 1.165) is 0 Å². The second-order valence-corrected chi connectivity index (χ2v) is 0.414. The third-order valence-corrected chi connectivity index (χ3v) is 0.144. The molecule has 0 N–H and O–H groups in total. The SMILES string of the molecule is C#C[C]=C=[CH+]. The molecule has 0 aromatic rings. The molecule has 21 valence electrons. The highest BCUT2D eigenvalue weighted by atomic mass is 13.4. The van der Waals surface area contributed by atoms with Crippen molar-refractivity contribution in [3.05, 3.63) is 18.4 Å². The fraction of sp³-hybridized carbons (Fsp3) is 0. The maximum atomic E-state index is 4.64. The van der Waals surface area contributed by atoms with Gasteiger partial charge in [0.25, 0.3) is 0 Å². The first-order valence-electron chi connectivity index (χ1n) is 1.08. The van der Waals surface area contributed by atoms with Gasteiger partial charge in [0.15, 0.2) is 5.73 Å². The number of allylic oxidation sites excluding steroid dienone is 1. The Bertz CT molecular complexity index is 87.1. The summed E-state index contributed by atoms with van der Waals surface area (Å²) < 4.78 is 0. The molecule has 0 rings (SSSR count). The van der Waals surface area contributed by atoms with Crippen molar-refractivity contribution in [1.29, 1.82) is 0 Å². The van der Waals surface area contributed by atoms with E-state index in [2.05, 4.69) is 19.1 Å². The Kier molecular flexibility index (Phi) is 2.39. The summed E-state index contributed by atoms with van der Waals surface area (Å²) in [4.78, 5) is 0. The number of hydrogen-bond donors (Lipinski definition) is 0. The van der Waals surface area contributed by atoms with Crippen LogP contribution in [0.3, 0.4) is 0 Å². The van der Waals surface area contributed by atoms with Gasteiger partial charge in [0.1, 0.15) is 6.58 Å². The molecule has 0 aromatic heterocycles. The van der Waals surface area contributed by atoms with Crippen LogP contribution < -0.4 is 0 Å². The second-order valence-electron chi connectivity index (χ2n) is 0.414. The van der Waals surface area contributed by atoms with Gasteiger partial charge in [-0.15, -0.1) is 0 Å². The van der Waals surface area contributed by atoms with Crippen molar-refractivity contribution in [3.63, 3.8) is 0 Å². The molecular formula is C5H2+. The molecule has 0 aliphatic heterocycles. The van der Waals surface area contributed by atoms with Gasteiger partial charge in [-0.25, -0.2) is 0 Å². The van der Waals surface area contributed by atoms with E-state index in [1.165, 1.54) is 0 Å². The predicted molar refractivity (Wildman–Crippen MR) is 19.9 cm³/mol. The third kappa shape index (κ3) is 2.99. The molecule has 5 heavy (non-hydrogen) atoms. The average Bonchev–Trinajstić information content (AvgIpc) is 1.41. The molecule has 0 heteroatoms. The molecular weight excluding hydrogens is 60.1 g/mol. The quantitative estimate of drug-likeness (QED) is 0.218. The van der Waals surface area contributed by atoms with Crippen LogP contribution in [-0.2, 0) is 0 Å². The molecule has 0 bridgehead atoms. The van der Waals surface area contributed by atoms with Crippen molar-refractivity contribution in [2.75, 3.05) is 0 Å². The molecule has 0 amide bonds. The normalized spacial score (nSPS) is 3.60. The monoisotopic (exact) mass is 62.0 g/mol. The van der Waals surface area contributed by atoms with E-state index >= 15 is 0 Å². The number of terminal acetylenes is 1. The van der Waals surface area contributed by atoms with E-state index in [1.54, 1.807) is 0 Å². The Balaban J connectivity index is 3.46. The lowest BCUT2D eigenvalue weighted by Gasteiger charge is -1.20. The predicted octanol–water partition coefficient (Wildman–Crippen LogP) is 0.567. The maximum absolute atomic E-state index is 4.64. The second kappa shape index (κ2) is 2.99. The van der Waals surface area contributed by atoms with Crippen LogP contribution in [0.4, 0.5) is 0 Å². The zero-order chi connectivity index (χ0) is 4.12. The minimum absolute atomic E-state index is 2.03. The molecule has 0 spiro atoms. The lowest BCUT2D eigenvalue weighted by Crippen LogP contribution is -1.31. The summed E-state index contributed by atoms with van der Waals surface area (Å²) in [6.45, 7) is 4.64. The van der Waals surface area contributed by atoms with E-state index < -0.39 is 0 Å². The molecule has 0 saturated heterocycles. The van der Waals surface area contributed by atoms with Crippen molar-refractivity contribution in [2.45, 2.75) is 0 Å². The Morgan fingerprint density at radius 2 is 2.20 bits per heavy atom. The first-order valence-corrected chi connectivity index (χ1v) is 1.08. The third-order valence-electron chi connectivity index (χ3n) is 0.144. The van der Waals surface area contributed by atoms with Gasteiger partial charge in [-0.1, -0.05) is 6.42 Å². The Morgan fingerprint density at radius 3 is 2.20 bits per heavy atom. The van der Waals surface area contributed by atoms with Crippen LogP contribution in [0.15, 0.2) is 5.73 Å². The van der Waals surface area contributed by atoms with E-state index in [4.69, 9.17) is 0 Å². The van der Waals surface area contributed by atoms with Crippen molar-refractivity contribution in [1.82, 2.24) is 0 Å². The van der Waals surface area contributed by atoms with Crippen LogP contribution in [0.5, 0.6) is 0 Å². The van der Waals surface area contributed by atoms with Gasteiger partial charge in [-0.3, -0.25) is 0 Å². The van der Waals surface area contributed by atoms with Crippen molar-refractivity contribution < 1.29 is 0 Å². The molecule has 0 fully saturated rings. The number of rotatable bonds is 0. The first-order chi connectivity index (χ1) is 2.41. The highest BCUT2D eigenvalue weighted by Gasteiger charge is 1.57. The topological polar surface area (TPSA) is 0 Å². The molecule has 1 radical (unpaired) electrons. The lowest BCUT2D eigenvalue weighted by molar-refractivity contribution is 2.10. The van der Waals surface area contributed by atoms with Crippen LogP contribution in [0.1, 0.15) is 0 Å². The molecule has 0 nitrogen and oxygen atoms in total. The lowest BCUT2D eigenvalue weighted by atomic mass is 10.6. The fourth-order valence-electron chi connectivity index (χ4n) is 0.0417. The Labute approximate surface area is 31.8 Å². The molecule has 0 saturated carbocycles. The van der Waals surface area contributed by atoms with Crippen LogP contribution in [0.25, 0.3) is 0 Å². The summed E-state index contributed by atoms with van der Waals surface area (Å²) in [7, 11) is 0. The smallest absolute Gasteiger partial charge is 0.0891 e. The largest absolute Gasteiger partial charge is 0.319 e. The zero-order valence-electron chi connectivity index (χ0n) is 2.65. The minimum Gasteiger partial charge on any atom is -0.0891 e. The molecule has 0 aliphatic carbocycles. The van der Waals surface area contributed by atoms with Gasteiger partial charge < -0.3 is 0 Å². The average molecular weight is 62.1 g/mol. The summed E-state index contributed by atoms with van der Waals surface area (Å²) in [6, 6.07) is 0. The molecule has 0 heterocycles. The Morgan fingerprint density at radius 1 is 1.60 bits per heavy atom. The van der Waals surface area contributed by atoms with Gasteiger partial charge in [0, 0.05) is 0 Å². The van der Waals surface area contributed by atoms with Crippen molar-refractivity contribution in [2.24, 2.45) is 0 Å². The summed E-state index contributed by atoms with van der Waals surface area (Å²) in [5, 5.41) is 0. The molecule has 0 unspecified atom stereocenters. The van der Waals surface area contributed by atoms with E-state index in [1.807, 2.05) is 11.7 Å². The van der Waals surface area contributed by atoms with Gasteiger partial charge in [-0.2, -0.15) is 0 Å². The van der Waals surface area contributed by atoms with E-state index in [0.29, 0.717) is 0 Å². The van der Waals surface area contributed by atoms with Crippen LogP contribution in [0, 0.1) is 25.0 Å². The molecule has 0 aromatic carbocycles.